The van der Waals surface area contributed by atoms with Gasteiger partial charge in [0.15, 0.2) is 0 Å². The van der Waals surface area contributed by atoms with E-state index >= 15 is 0 Å². The van der Waals surface area contributed by atoms with Crippen LogP contribution in [0.25, 0.3) is 0 Å². The van der Waals surface area contributed by atoms with Gasteiger partial charge in [-0.3, -0.25) is 9.59 Å². The molecular weight excluding hydrogens is 755 g/mol. The van der Waals surface area contributed by atoms with Gasteiger partial charge in [0.2, 0.25) is 0 Å². The molecule has 0 saturated heterocycles. The Morgan fingerprint density at radius 3 is 1.08 bits per heavy atom. The Morgan fingerprint density at radius 1 is 0.393 bits per heavy atom. The van der Waals surface area contributed by atoms with Gasteiger partial charge in [-0.05, 0) is 83.6 Å². The minimum absolute atomic E-state index is 0.0136. The minimum Gasteiger partial charge on any atom is -0.466 e. The number of nitrogens with zero attached hydrogens (tertiary/aromatic N) is 1. The highest BCUT2D eigenvalue weighted by molar-refractivity contribution is 5.69. The molecule has 0 rings (SSSR count). The number of ether oxygens (including phenoxy) is 3. The van der Waals surface area contributed by atoms with Gasteiger partial charge in [0, 0.05) is 38.6 Å². The molecule has 0 saturated carbocycles. The maximum atomic E-state index is 12.4. The van der Waals surface area contributed by atoms with Crippen LogP contribution in [0, 0.1) is 17.8 Å². The van der Waals surface area contributed by atoms with Crippen LogP contribution >= 0.6 is 0 Å². The number of rotatable bonds is 49. The maximum absolute atomic E-state index is 12.4. The van der Waals surface area contributed by atoms with Crippen molar-refractivity contribution in [3.8, 4) is 0 Å². The number of carbonyl (C=O) groups excluding carboxylic acids is 2. The molecule has 0 N–H and O–H groups in total. The molecule has 0 aromatic heterocycles. The van der Waals surface area contributed by atoms with E-state index in [-0.39, 0.29) is 11.9 Å². The Morgan fingerprint density at radius 2 is 0.721 bits per heavy atom. The SMILES string of the molecule is CCCCCC(CCCCC)CCOC(=O)CCCCCCCCCC(CCCCCCCCCC(=O)OCCC(CCCCC)CCCCC)COCCCN(C)C(C)C. The average molecular weight is 864 g/mol. The first-order valence-electron chi connectivity index (χ1n) is 27.4. The van der Waals surface area contributed by atoms with Crippen LogP contribution in [0.1, 0.15) is 279 Å². The summed E-state index contributed by atoms with van der Waals surface area (Å²) in [5, 5.41) is 0. The zero-order valence-electron chi connectivity index (χ0n) is 42.5. The molecule has 0 unspecified atom stereocenters. The van der Waals surface area contributed by atoms with E-state index in [0.29, 0.717) is 38.0 Å². The fourth-order valence-electron chi connectivity index (χ4n) is 8.83. The lowest BCUT2D eigenvalue weighted by molar-refractivity contribution is -0.145. The van der Waals surface area contributed by atoms with Crippen LogP contribution < -0.4 is 0 Å². The average Bonchev–Trinajstić information content (AvgIpc) is 3.24. The quantitative estimate of drug-likeness (QED) is 0.0448. The molecule has 0 aromatic carbocycles. The maximum Gasteiger partial charge on any atom is 0.305 e. The van der Waals surface area contributed by atoms with E-state index in [2.05, 4.69) is 53.5 Å². The van der Waals surface area contributed by atoms with Gasteiger partial charge in [0.05, 0.1) is 13.2 Å². The summed E-state index contributed by atoms with van der Waals surface area (Å²) in [7, 11) is 2.21. The molecule has 0 aliphatic carbocycles. The highest BCUT2D eigenvalue weighted by Gasteiger charge is 2.13. The molecule has 0 heterocycles. The molecule has 6 nitrogen and oxygen atoms in total. The van der Waals surface area contributed by atoms with Crippen molar-refractivity contribution in [2.45, 2.75) is 285 Å². The molecule has 0 aliphatic heterocycles. The summed E-state index contributed by atoms with van der Waals surface area (Å²) < 4.78 is 17.6. The van der Waals surface area contributed by atoms with Gasteiger partial charge in [-0.15, -0.1) is 0 Å². The van der Waals surface area contributed by atoms with Crippen molar-refractivity contribution in [3.05, 3.63) is 0 Å². The summed E-state index contributed by atoms with van der Waals surface area (Å²) in [5.74, 6) is 2.14. The molecule has 0 radical (unpaired) electrons. The second kappa shape index (κ2) is 46.8. The zero-order chi connectivity index (χ0) is 44.9. The molecule has 0 fully saturated rings. The summed E-state index contributed by atoms with van der Waals surface area (Å²) in [5.41, 5.74) is 0. The number of carbonyl (C=O) groups is 2. The fourth-order valence-corrected chi connectivity index (χ4v) is 8.83. The van der Waals surface area contributed by atoms with Gasteiger partial charge < -0.3 is 19.1 Å². The van der Waals surface area contributed by atoms with Crippen LogP contribution in [-0.2, 0) is 23.8 Å². The lowest BCUT2D eigenvalue weighted by Gasteiger charge is -2.21. The molecule has 0 aliphatic rings. The first kappa shape index (κ1) is 59.9. The third-order valence-corrected chi connectivity index (χ3v) is 13.5. The number of unbranched alkanes of at least 4 members (excludes halogenated alkanes) is 20. The van der Waals surface area contributed by atoms with Crippen molar-refractivity contribution in [1.29, 1.82) is 0 Å². The highest BCUT2D eigenvalue weighted by atomic mass is 16.5. The van der Waals surface area contributed by atoms with E-state index < -0.39 is 0 Å². The van der Waals surface area contributed by atoms with Crippen LogP contribution in [0.2, 0.25) is 0 Å². The summed E-state index contributed by atoms with van der Waals surface area (Å²) in [6.45, 7) is 17.7. The zero-order valence-corrected chi connectivity index (χ0v) is 42.5. The molecule has 0 spiro atoms. The predicted octanol–water partition coefficient (Wildman–Crippen LogP) is 16.8. The number of hydrogen-bond donors (Lipinski definition) is 0. The van der Waals surface area contributed by atoms with Crippen LogP contribution in [0.4, 0.5) is 0 Å². The summed E-state index contributed by atoms with van der Waals surface area (Å²) in [4.78, 5) is 27.2. The Labute approximate surface area is 382 Å². The van der Waals surface area contributed by atoms with Gasteiger partial charge in [0.1, 0.15) is 0 Å². The topological polar surface area (TPSA) is 65.1 Å². The van der Waals surface area contributed by atoms with Crippen molar-refractivity contribution in [1.82, 2.24) is 4.90 Å². The first-order chi connectivity index (χ1) is 29.8. The predicted molar refractivity (Wildman–Crippen MR) is 264 cm³/mol. The number of esters is 2. The Bertz CT molecular complexity index is 831. The van der Waals surface area contributed by atoms with Gasteiger partial charge in [-0.1, -0.05) is 207 Å². The van der Waals surface area contributed by atoms with E-state index in [1.165, 1.54) is 180 Å². The lowest BCUT2D eigenvalue weighted by Crippen LogP contribution is -2.28. The standard InChI is InChI=1S/C55H109NO5/c1-8-12-26-35-51(36-27-13-9-2)43-47-60-54(57)41-32-24-20-16-18-22-30-39-53(49-59-46-34-45-56(7)50(5)6)40-31-23-19-17-21-25-33-42-55(58)61-48-44-52(37-28-14-10-3)38-29-15-11-4/h50-53H,8-49H2,1-7H3. The largest absolute Gasteiger partial charge is 0.466 e. The molecule has 0 atom stereocenters. The monoisotopic (exact) mass is 864 g/mol. The van der Waals surface area contributed by atoms with Crippen molar-refractivity contribution >= 4 is 11.9 Å². The van der Waals surface area contributed by atoms with Crippen molar-refractivity contribution in [2.75, 3.05) is 40.0 Å². The normalized spacial score (nSPS) is 11.9. The Balaban J connectivity index is 4.23. The Hall–Kier alpha value is -1.14. The first-order valence-corrected chi connectivity index (χ1v) is 27.4. The van der Waals surface area contributed by atoms with Crippen molar-refractivity contribution < 1.29 is 23.8 Å². The van der Waals surface area contributed by atoms with Crippen LogP contribution in [0.3, 0.4) is 0 Å². The van der Waals surface area contributed by atoms with Gasteiger partial charge in [-0.25, -0.2) is 0 Å². The van der Waals surface area contributed by atoms with E-state index in [0.717, 1.165) is 76.5 Å². The smallest absolute Gasteiger partial charge is 0.305 e. The second-order valence-corrected chi connectivity index (χ2v) is 19.6. The summed E-state index contributed by atoms with van der Waals surface area (Å²) in [6.07, 6.45) is 44.8. The second-order valence-electron chi connectivity index (χ2n) is 19.6. The van der Waals surface area contributed by atoms with Gasteiger partial charge in [-0.2, -0.15) is 0 Å². The lowest BCUT2D eigenvalue weighted by atomic mass is 9.92. The Kier molecular flexibility index (Phi) is 46.0. The molecule has 61 heavy (non-hydrogen) atoms. The van der Waals surface area contributed by atoms with E-state index in [9.17, 15) is 9.59 Å². The highest BCUT2D eigenvalue weighted by Crippen LogP contribution is 2.24. The van der Waals surface area contributed by atoms with E-state index in [4.69, 9.17) is 14.2 Å². The molecule has 364 valence electrons. The van der Waals surface area contributed by atoms with Crippen molar-refractivity contribution in [3.63, 3.8) is 0 Å². The molecule has 0 aromatic rings. The van der Waals surface area contributed by atoms with Gasteiger partial charge >= 0.3 is 11.9 Å². The number of hydrogen-bond acceptors (Lipinski definition) is 6. The molecule has 6 heteroatoms. The van der Waals surface area contributed by atoms with Crippen LogP contribution in [0.5, 0.6) is 0 Å². The molecule has 0 bridgehead atoms. The van der Waals surface area contributed by atoms with E-state index in [1.807, 2.05) is 0 Å². The third-order valence-electron chi connectivity index (χ3n) is 13.5. The fraction of sp³-hybridized carbons (Fsp3) is 0.964. The summed E-state index contributed by atoms with van der Waals surface area (Å²) in [6, 6.07) is 0.585. The minimum atomic E-state index is 0.0136. The van der Waals surface area contributed by atoms with Gasteiger partial charge in [0.25, 0.3) is 0 Å². The van der Waals surface area contributed by atoms with E-state index in [1.54, 1.807) is 0 Å². The molecular formula is C55H109NO5. The van der Waals surface area contributed by atoms with Crippen molar-refractivity contribution in [2.24, 2.45) is 17.8 Å². The summed E-state index contributed by atoms with van der Waals surface area (Å²) >= 11 is 0. The van der Waals surface area contributed by atoms with Crippen LogP contribution in [-0.4, -0.2) is 62.9 Å². The molecule has 0 amide bonds. The third kappa shape index (κ3) is 42.6. The van der Waals surface area contributed by atoms with Crippen LogP contribution in [0.15, 0.2) is 0 Å².